The summed E-state index contributed by atoms with van der Waals surface area (Å²) in [5.41, 5.74) is 2.90. The van der Waals surface area contributed by atoms with Crippen molar-refractivity contribution in [3.63, 3.8) is 0 Å². The first-order valence-corrected chi connectivity index (χ1v) is 8.22. The zero-order valence-corrected chi connectivity index (χ0v) is 13.7. The van der Waals surface area contributed by atoms with E-state index in [1.165, 1.54) is 0 Å². The normalized spacial score (nSPS) is 12.0. The Morgan fingerprint density at radius 3 is 2.52 bits per heavy atom. The molecule has 5 heteroatoms. The molecular weight excluding hydrogens is 316 g/mol. The van der Waals surface area contributed by atoms with Gasteiger partial charge in [0, 0.05) is 23.5 Å². The lowest BCUT2D eigenvalue weighted by molar-refractivity contribution is -0.308. The van der Waals surface area contributed by atoms with Crippen molar-refractivity contribution in [2.45, 2.75) is 25.3 Å². The first kappa shape index (κ1) is 16.8. The Hall–Kier alpha value is -3.08. The number of aliphatic carboxylic acids is 1. The molecule has 0 spiro atoms. The summed E-state index contributed by atoms with van der Waals surface area (Å²) in [6.07, 6.45) is 2.86. The number of aryl methyl sites for hydroxylation is 1. The van der Waals surface area contributed by atoms with Gasteiger partial charge in [0.2, 0.25) is 5.91 Å². The van der Waals surface area contributed by atoms with E-state index >= 15 is 0 Å². The fourth-order valence-corrected chi connectivity index (χ4v) is 2.90. The summed E-state index contributed by atoms with van der Waals surface area (Å²) in [5.74, 6) is -1.57. The number of para-hydroxylation sites is 1. The number of aromatic nitrogens is 1. The number of carbonyl (C=O) groups excluding carboxylic acids is 2. The van der Waals surface area contributed by atoms with E-state index in [4.69, 9.17) is 0 Å². The van der Waals surface area contributed by atoms with Gasteiger partial charge in [0.15, 0.2) is 0 Å². The van der Waals surface area contributed by atoms with Crippen LogP contribution < -0.4 is 10.4 Å². The molecule has 1 aromatic heterocycles. The van der Waals surface area contributed by atoms with E-state index in [1.54, 1.807) is 0 Å². The molecule has 1 heterocycles. The van der Waals surface area contributed by atoms with E-state index in [2.05, 4.69) is 10.3 Å². The van der Waals surface area contributed by atoms with E-state index in [9.17, 15) is 14.7 Å². The average molecular weight is 335 g/mol. The highest BCUT2D eigenvalue weighted by atomic mass is 16.4. The summed E-state index contributed by atoms with van der Waals surface area (Å²) in [7, 11) is 0. The number of rotatable bonds is 7. The van der Waals surface area contributed by atoms with Crippen LogP contribution in [0.1, 0.15) is 17.5 Å². The molecule has 5 nitrogen and oxygen atoms in total. The highest BCUT2D eigenvalue weighted by Gasteiger charge is 2.15. The Morgan fingerprint density at radius 1 is 1.04 bits per heavy atom. The summed E-state index contributed by atoms with van der Waals surface area (Å²) in [6.45, 7) is 0. The molecule has 3 aromatic rings. The fourth-order valence-electron chi connectivity index (χ4n) is 2.90. The molecule has 1 atom stereocenters. The molecule has 0 fully saturated rings. The van der Waals surface area contributed by atoms with Crippen molar-refractivity contribution in [2.24, 2.45) is 0 Å². The highest BCUT2D eigenvalue weighted by molar-refractivity contribution is 5.85. The number of hydrogen-bond acceptors (Lipinski definition) is 3. The molecule has 0 aliphatic rings. The number of fused-ring (bicyclic) bond motifs is 1. The Balaban J connectivity index is 1.59. The molecule has 2 N–H and O–H groups in total. The minimum absolute atomic E-state index is 0.210. The highest BCUT2D eigenvalue weighted by Crippen LogP contribution is 2.18. The number of carboxylic acid groups (broad SMARTS) is 1. The number of benzene rings is 2. The molecule has 1 amide bonds. The molecule has 3 rings (SSSR count). The summed E-state index contributed by atoms with van der Waals surface area (Å²) >= 11 is 0. The van der Waals surface area contributed by atoms with Crippen LogP contribution in [0.2, 0.25) is 0 Å². The molecule has 0 bridgehead atoms. The van der Waals surface area contributed by atoms with Gasteiger partial charge in [-0.1, -0.05) is 48.5 Å². The predicted octanol–water partition coefficient (Wildman–Crippen LogP) is 1.58. The lowest BCUT2D eigenvalue weighted by atomic mass is 10.0. The Kier molecular flexibility index (Phi) is 5.14. The minimum Gasteiger partial charge on any atom is -0.548 e. The van der Waals surface area contributed by atoms with Crippen molar-refractivity contribution in [1.29, 1.82) is 0 Å². The standard InChI is InChI=1S/C20H20N2O3/c23-19(11-10-15-13-21-17-9-5-4-8-16(15)17)22-18(20(24)25)12-14-6-2-1-3-7-14/h1-9,13,18,21H,10-12H2,(H,22,23)(H,24,25)/p-1/t18-/m1/s1. The maximum absolute atomic E-state index is 12.2. The Bertz CT molecular complexity index is 871. The number of carboxylic acids is 1. The Morgan fingerprint density at radius 2 is 1.76 bits per heavy atom. The lowest BCUT2D eigenvalue weighted by Crippen LogP contribution is -2.49. The van der Waals surface area contributed by atoms with E-state index in [-0.39, 0.29) is 18.7 Å². The van der Waals surface area contributed by atoms with E-state index in [0.717, 1.165) is 22.0 Å². The van der Waals surface area contributed by atoms with Crippen LogP contribution in [0.25, 0.3) is 10.9 Å². The largest absolute Gasteiger partial charge is 0.548 e. The third-order valence-electron chi connectivity index (χ3n) is 4.20. The number of nitrogens with one attached hydrogen (secondary N) is 2. The summed E-state index contributed by atoms with van der Waals surface area (Å²) < 4.78 is 0. The maximum Gasteiger partial charge on any atom is 0.220 e. The van der Waals surface area contributed by atoms with Gasteiger partial charge in [0.25, 0.3) is 0 Å². The average Bonchev–Trinajstić information content (AvgIpc) is 3.03. The minimum atomic E-state index is -1.27. The van der Waals surface area contributed by atoms with Gasteiger partial charge in [-0.25, -0.2) is 0 Å². The van der Waals surface area contributed by atoms with Crippen molar-refractivity contribution in [2.75, 3.05) is 0 Å². The van der Waals surface area contributed by atoms with Crippen molar-refractivity contribution in [1.82, 2.24) is 10.3 Å². The first-order valence-electron chi connectivity index (χ1n) is 8.22. The molecule has 0 aliphatic carbocycles. The number of amides is 1. The van der Waals surface area contributed by atoms with Crippen molar-refractivity contribution < 1.29 is 14.7 Å². The molecule has 25 heavy (non-hydrogen) atoms. The molecule has 0 unspecified atom stereocenters. The molecule has 2 aromatic carbocycles. The number of hydrogen-bond donors (Lipinski definition) is 2. The number of H-pyrrole nitrogens is 1. The van der Waals surface area contributed by atoms with Gasteiger partial charge in [-0.2, -0.15) is 0 Å². The van der Waals surface area contributed by atoms with Crippen molar-refractivity contribution in [3.8, 4) is 0 Å². The van der Waals surface area contributed by atoms with Crippen LogP contribution in [0.4, 0.5) is 0 Å². The topological polar surface area (TPSA) is 85.0 Å². The van der Waals surface area contributed by atoms with Crippen LogP contribution in [-0.4, -0.2) is 22.9 Å². The van der Waals surface area contributed by atoms with Crippen LogP contribution in [0.5, 0.6) is 0 Å². The van der Waals surface area contributed by atoms with Gasteiger partial charge in [0.1, 0.15) is 0 Å². The van der Waals surface area contributed by atoms with Gasteiger partial charge < -0.3 is 20.2 Å². The van der Waals surface area contributed by atoms with E-state index in [0.29, 0.717) is 6.42 Å². The van der Waals surface area contributed by atoms with Crippen LogP contribution in [0.3, 0.4) is 0 Å². The van der Waals surface area contributed by atoms with Crippen molar-refractivity contribution in [3.05, 3.63) is 71.9 Å². The molecule has 0 saturated heterocycles. The zero-order chi connectivity index (χ0) is 17.6. The second-order valence-corrected chi connectivity index (χ2v) is 5.99. The molecular formula is C20H19N2O3-. The summed E-state index contributed by atoms with van der Waals surface area (Å²) in [4.78, 5) is 26.7. The van der Waals surface area contributed by atoms with Gasteiger partial charge in [-0.3, -0.25) is 4.79 Å². The monoisotopic (exact) mass is 335 g/mol. The zero-order valence-electron chi connectivity index (χ0n) is 13.7. The molecule has 0 saturated carbocycles. The first-order chi connectivity index (χ1) is 12.1. The van der Waals surface area contributed by atoms with Gasteiger partial charge in [-0.05, 0) is 30.0 Å². The van der Waals surface area contributed by atoms with Crippen LogP contribution >= 0.6 is 0 Å². The number of carbonyl (C=O) groups is 2. The third kappa shape index (κ3) is 4.26. The summed E-state index contributed by atoms with van der Waals surface area (Å²) in [6, 6.07) is 16.0. The van der Waals surface area contributed by atoms with Crippen LogP contribution in [0.15, 0.2) is 60.8 Å². The quantitative estimate of drug-likeness (QED) is 0.687. The van der Waals surface area contributed by atoms with Crippen molar-refractivity contribution >= 4 is 22.8 Å². The predicted molar refractivity (Wildman–Crippen MR) is 93.7 cm³/mol. The third-order valence-corrected chi connectivity index (χ3v) is 4.20. The smallest absolute Gasteiger partial charge is 0.220 e. The van der Waals surface area contributed by atoms with Gasteiger partial charge >= 0.3 is 0 Å². The van der Waals surface area contributed by atoms with Gasteiger partial charge in [-0.15, -0.1) is 0 Å². The second kappa shape index (κ2) is 7.66. The van der Waals surface area contributed by atoms with E-state index in [1.807, 2.05) is 60.8 Å². The fraction of sp³-hybridized carbons (Fsp3) is 0.200. The molecule has 0 aliphatic heterocycles. The second-order valence-electron chi connectivity index (χ2n) is 5.99. The Labute approximate surface area is 145 Å². The SMILES string of the molecule is O=C(CCc1c[nH]c2ccccc12)N[C@H](Cc1ccccc1)C(=O)[O-]. The van der Waals surface area contributed by atoms with Crippen LogP contribution in [-0.2, 0) is 22.4 Å². The van der Waals surface area contributed by atoms with Gasteiger partial charge in [0.05, 0.1) is 12.0 Å². The maximum atomic E-state index is 12.2. The van der Waals surface area contributed by atoms with Crippen LogP contribution in [0, 0.1) is 0 Å². The molecule has 128 valence electrons. The summed E-state index contributed by atoms with van der Waals surface area (Å²) in [5, 5.41) is 15.0. The number of aromatic amines is 1. The molecule has 0 radical (unpaired) electrons. The lowest BCUT2D eigenvalue weighted by Gasteiger charge is -2.19. The van der Waals surface area contributed by atoms with E-state index < -0.39 is 12.0 Å².